The molecule has 0 bridgehead atoms. The molecule has 1 aliphatic rings. The molecule has 1 fully saturated rings. The summed E-state index contributed by atoms with van der Waals surface area (Å²) in [5, 5.41) is 14.7. The van der Waals surface area contributed by atoms with E-state index >= 15 is 0 Å². The number of pyridine rings is 1. The smallest absolute Gasteiger partial charge is 0.274 e. The first kappa shape index (κ1) is 23.3. The van der Waals surface area contributed by atoms with Crippen LogP contribution in [0.15, 0.2) is 24.5 Å². The van der Waals surface area contributed by atoms with Crippen LogP contribution in [0.2, 0.25) is 0 Å². The maximum atomic E-state index is 12.7. The second-order valence-corrected chi connectivity index (χ2v) is 6.97. The van der Waals surface area contributed by atoms with Crippen molar-refractivity contribution in [3.05, 3.63) is 41.5 Å². The molecule has 3 rings (SSSR count). The highest BCUT2D eigenvalue weighted by atomic mass is 35.5. The molecular weight excluding hydrogens is 387 g/mol. The fourth-order valence-electron chi connectivity index (χ4n) is 3.22. The summed E-state index contributed by atoms with van der Waals surface area (Å²) in [4.78, 5) is 17.1. The summed E-state index contributed by atoms with van der Waals surface area (Å²) < 4.78 is 1.83. The van der Waals surface area contributed by atoms with Gasteiger partial charge in [-0.05, 0) is 50.4 Å². The molecule has 2 N–H and O–H groups in total. The standard InChI is InChI=1S/C18H26N6O.2ClH/c1-12(2)16(17-13(3)5-4-8-20-17)21-18(25)15-11-24(23-22-15)14-6-9-19-10-7-14;;/h4-5,8,11-12,14,16,19H,6-7,9-10H2,1-3H3,(H,21,25);2*1H. The minimum atomic E-state index is -0.205. The zero-order chi connectivity index (χ0) is 17.8. The molecule has 0 spiro atoms. The molecule has 2 aromatic heterocycles. The third kappa shape index (κ3) is 5.64. The largest absolute Gasteiger partial charge is 0.342 e. The molecule has 27 heavy (non-hydrogen) atoms. The van der Waals surface area contributed by atoms with Crippen molar-refractivity contribution in [1.29, 1.82) is 0 Å². The lowest BCUT2D eigenvalue weighted by Crippen LogP contribution is -2.33. The van der Waals surface area contributed by atoms with Gasteiger partial charge < -0.3 is 10.6 Å². The topological polar surface area (TPSA) is 84.7 Å². The van der Waals surface area contributed by atoms with Crippen molar-refractivity contribution in [2.24, 2.45) is 5.92 Å². The summed E-state index contributed by atoms with van der Waals surface area (Å²) in [6.45, 7) is 8.11. The molecule has 1 atom stereocenters. The number of hydrogen-bond donors (Lipinski definition) is 2. The first-order valence-electron chi connectivity index (χ1n) is 8.91. The highest BCUT2D eigenvalue weighted by molar-refractivity contribution is 5.92. The Morgan fingerprint density at radius 3 is 2.63 bits per heavy atom. The van der Waals surface area contributed by atoms with Gasteiger partial charge in [-0.3, -0.25) is 9.78 Å². The number of aromatic nitrogens is 4. The summed E-state index contributed by atoms with van der Waals surface area (Å²) in [5.41, 5.74) is 2.33. The Hall–Kier alpha value is -1.70. The average Bonchev–Trinajstić information content (AvgIpc) is 3.11. The first-order valence-corrected chi connectivity index (χ1v) is 8.91. The molecular formula is C18H28Cl2N6O. The van der Waals surface area contributed by atoms with E-state index in [-0.39, 0.29) is 42.7 Å². The zero-order valence-electron chi connectivity index (χ0n) is 15.9. The Labute approximate surface area is 172 Å². The number of rotatable bonds is 5. The van der Waals surface area contributed by atoms with Crippen LogP contribution < -0.4 is 10.6 Å². The molecule has 3 heterocycles. The highest BCUT2D eigenvalue weighted by Crippen LogP contribution is 2.23. The van der Waals surface area contributed by atoms with Crippen molar-refractivity contribution in [2.45, 2.75) is 45.7 Å². The van der Waals surface area contributed by atoms with Gasteiger partial charge in [0.15, 0.2) is 5.69 Å². The van der Waals surface area contributed by atoms with Crippen LogP contribution in [0.4, 0.5) is 0 Å². The van der Waals surface area contributed by atoms with Gasteiger partial charge in [0.1, 0.15) is 0 Å². The number of nitrogens with zero attached hydrogens (tertiary/aromatic N) is 4. The number of carbonyl (C=O) groups is 1. The van der Waals surface area contributed by atoms with E-state index in [1.807, 2.05) is 23.7 Å². The van der Waals surface area contributed by atoms with Gasteiger partial charge >= 0.3 is 0 Å². The second kappa shape index (κ2) is 10.6. The Balaban J connectivity index is 0.00000182. The van der Waals surface area contributed by atoms with Crippen LogP contribution in [-0.2, 0) is 0 Å². The maximum absolute atomic E-state index is 12.7. The SMILES string of the molecule is Cc1cccnc1C(NC(=O)c1cn(C2CCNCC2)nn1)C(C)C.Cl.Cl. The van der Waals surface area contributed by atoms with E-state index in [4.69, 9.17) is 0 Å². The lowest BCUT2D eigenvalue weighted by atomic mass is 9.97. The van der Waals surface area contributed by atoms with Gasteiger partial charge in [0.05, 0.1) is 24.0 Å². The number of hydrogen-bond acceptors (Lipinski definition) is 5. The van der Waals surface area contributed by atoms with E-state index in [1.54, 1.807) is 12.4 Å². The third-order valence-electron chi connectivity index (χ3n) is 4.72. The highest BCUT2D eigenvalue weighted by Gasteiger charge is 2.24. The fraction of sp³-hybridized carbons (Fsp3) is 0.556. The summed E-state index contributed by atoms with van der Waals surface area (Å²) >= 11 is 0. The van der Waals surface area contributed by atoms with Crippen molar-refractivity contribution in [2.75, 3.05) is 13.1 Å². The summed E-state index contributed by atoms with van der Waals surface area (Å²) in [5.74, 6) is 0.0148. The number of amides is 1. The Morgan fingerprint density at radius 2 is 2.00 bits per heavy atom. The van der Waals surface area contributed by atoms with Crippen molar-refractivity contribution < 1.29 is 4.79 Å². The Morgan fingerprint density at radius 1 is 1.30 bits per heavy atom. The molecule has 1 saturated heterocycles. The number of piperidine rings is 1. The molecule has 1 amide bonds. The zero-order valence-corrected chi connectivity index (χ0v) is 17.5. The Kier molecular flexibility index (Phi) is 9.15. The molecule has 0 aliphatic carbocycles. The average molecular weight is 415 g/mol. The van der Waals surface area contributed by atoms with Crippen molar-refractivity contribution >= 4 is 30.7 Å². The molecule has 0 aromatic carbocycles. The third-order valence-corrected chi connectivity index (χ3v) is 4.72. The van der Waals surface area contributed by atoms with Crippen molar-refractivity contribution in [3.8, 4) is 0 Å². The molecule has 1 aliphatic heterocycles. The number of halogens is 2. The van der Waals surface area contributed by atoms with Gasteiger partial charge in [-0.15, -0.1) is 29.9 Å². The lowest BCUT2D eigenvalue weighted by Gasteiger charge is -2.23. The quantitative estimate of drug-likeness (QED) is 0.785. The van der Waals surface area contributed by atoms with Crippen LogP contribution >= 0.6 is 24.8 Å². The maximum Gasteiger partial charge on any atom is 0.274 e. The minimum absolute atomic E-state index is 0. The summed E-state index contributed by atoms with van der Waals surface area (Å²) in [6, 6.07) is 4.08. The van der Waals surface area contributed by atoms with Crippen LogP contribution in [0.25, 0.3) is 0 Å². The fourth-order valence-corrected chi connectivity index (χ4v) is 3.22. The molecule has 9 heteroatoms. The van der Waals surface area contributed by atoms with Crippen LogP contribution in [0.1, 0.15) is 60.5 Å². The van der Waals surface area contributed by atoms with Crippen LogP contribution in [-0.4, -0.2) is 39.0 Å². The predicted octanol–water partition coefficient (Wildman–Crippen LogP) is 2.88. The summed E-state index contributed by atoms with van der Waals surface area (Å²) in [7, 11) is 0. The molecule has 0 radical (unpaired) electrons. The van der Waals surface area contributed by atoms with Gasteiger partial charge in [-0.1, -0.05) is 25.1 Å². The second-order valence-electron chi connectivity index (χ2n) is 6.97. The lowest BCUT2D eigenvalue weighted by molar-refractivity contribution is 0.0919. The first-order chi connectivity index (χ1) is 12.1. The molecule has 150 valence electrons. The van der Waals surface area contributed by atoms with Gasteiger partial charge in [0.2, 0.25) is 0 Å². The molecule has 1 unspecified atom stereocenters. The van der Waals surface area contributed by atoms with Gasteiger partial charge in [-0.25, -0.2) is 4.68 Å². The van der Waals surface area contributed by atoms with Crippen LogP contribution in [0.3, 0.4) is 0 Å². The van der Waals surface area contributed by atoms with Crippen LogP contribution in [0, 0.1) is 12.8 Å². The molecule has 7 nitrogen and oxygen atoms in total. The van der Waals surface area contributed by atoms with Gasteiger partial charge in [0, 0.05) is 6.20 Å². The normalized spacial score (nSPS) is 15.6. The van der Waals surface area contributed by atoms with E-state index < -0.39 is 0 Å². The number of carbonyl (C=O) groups excluding carboxylic acids is 1. The van der Waals surface area contributed by atoms with E-state index in [0.717, 1.165) is 37.2 Å². The summed E-state index contributed by atoms with van der Waals surface area (Å²) in [6.07, 6.45) is 5.53. The van der Waals surface area contributed by atoms with Crippen molar-refractivity contribution in [3.63, 3.8) is 0 Å². The van der Waals surface area contributed by atoms with Gasteiger partial charge in [0.25, 0.3) is 5.91 Å². The van der Waals surface area contributed by atoms with E-state index in [1.165, 1.54) is 0 Å². The number of aryl methyl sites for hydroxylation is 1. The van der Waals surface area contributed by atoms with E-state index in [2.05, 4.69) is 39.8 Å². The van der Waals surface area contributed by atoms with Crippen LogP contribution in [0.5, 0.6) is 0 Å². The van der Waals surface area contributed by atoms with E-state index in [0.29, 0.717) is 11.7 Å². The minimum Gasteiger partial charge on any atom is -0.342 e. The van der Waals surface area contributed by atoms with E-state index in [9.17, 15) is 4.79 Å². The Bertz CT molecular complexity index is 730. The molecule has 0 saturated carbocycles. The molecule has 2 aromatic rings. The monoisotopic (exact) mass is 414 g/mol. The van der Waals surface area contributed by atoms with Gasteiger partial charge in [-0.2, -0.15) is 0 Å². The number of nitrogens with one attached hydrogen (secondary N) is 2. The predicted molar refractivity (Wildman–Crippen MR) is 110 cm³/mol. The van der Waals surface area contributed by atoms with Crippen molar-refractivity contribution in [1.82, 2.24) is 30.6 Å².